The van der Waals surface area contributed by atoms with Crippen molar-refractivity contribution in [2.24, 2.45) is 0 Å². The maximum atomic E-state index is 12.7. The zero-order valence-corrected chi connectivity index (χ0v) is 17.4. The van der Waals surface area contributed by atoms with Gasteiger partial charge in [0.25, 0.3) is 11.7 Å². The second kappa shape index (κ2) is 8.38. The smallest absolute Gasteiger partial charge is 0.342 e. The first-order chi connectivity index (χ1) is 15.0. The fourth-order valence-corrected chi connectivity index (χ4v) is 3.12. The molecule has 31 heavy (non-hydrogen) atoms. The number of hydrogen-bond donors (Lipinski definition) is 0. The molecule has 11 heteroatoms. The molecule has 160 valence electrons. The molecule has 0 radical (unpaired) electrons. The Hall–Kier alpha value is -4.02. The summed E-state index contributed by atoms with van der Waals surface area (Å²) >= 11 is 0. The number of aromatic nitrogens is 6. The standard InChI is InChI=1S/C20H20N6O5/c1-11(2)17-14(8-21-20-22-10-23-26(17)20)19(27)30-9-16-24-18(25-31-16)13-6-5-12(28-3)7-15(13)29-4/h5-8,10-11H,9H2,1-4H3. The van der Waals surface area contributed by atoms with Crippen LogP contribution in [0.15, 0.2) is 35.2 Å². The molecule has 0 N–H and O–H groups in total. The molecule has 11 nitrogen and oxygen atoms in total. The summed E-state index contributed by atoms with van der Waals surface area (Å²) in [6.07, 6.45) is 2.82. The van der Waals surface area contributed by atoms with E-state index < -0.39 is 5.97 Å². The number of rotatable bonds is 7. The average molecular weight is 424 g/mol. The van der Waals surface area contributed by atoms with Crippen LogP contribution in [0.3, 0.4) is 0 Å². The molecular formula is C20H20N6O5. The number of nitrogens with zero attached hydrogens (tertiary/aromatic N) is 6. The van der Waals surface area contributed by atoms with Crippen molar-refractivity contribution in [1.29, 1.82) is 0 Å². The molecule has 0 amide bonds. The van der Waals surface area contributed by atoms with E-state index >= 15 is 0 Å². The lowest BCUT2D eigenvalue weighted by Crippen LogP contribution is -2.14. The highest BCUT2D eigenvalue weighted by molar-refractivity contribution is 5.90. The number of hydrogen-bond acceptors (Lipinski definition) is 10. The quantitative estimate of drug-likeness (QED) is 0.409. The molecule has 0 bridgehead atoms. The molecule has 0 aliphatic carbocycles. The first kappa shape index (κ1) is 20.3. The monoisotopic (exact) mass is 424 g/mol. The summed E-state index contributed by atoms with van der Waals surface area (Å²) < 4.78 is 22.7. The molecule has 3 heterocycles. The van der Waals surface area contributed by atoms with E-state index in [-0.39, 0.29) is 18.4 Å². The lowest BCUT2D eigenvalue weighted by atomic mass is 10.1. The fraction of sp³-hybridized carbons (Fsp3) is 0.300. The van der Waals surface area contributed by atoms with Crippen molar-refractivity contribution in [3.8, 4) is 22.9 Å². The minimum atomic E-state index is -0.574. The molecule has 1 aromatic carbocycles. The first-order valence-electron chi connectivity index (χ1n) is 9.42. The predicted octanol–water partition coefficient (Wildman–Crippen LogP) is 2.67. The van der Waals surface area contributed by atoms with Gasteiger partial charge in [0.2, 0.25) is 5.82 Å². The van der Waals surface area contributed by atoms with E-state index in [2.05, 4.69) is 25.2 Å². The summed E-state index contributed by atoms with van der Waals surface area (Å²) in [5, 5.41) is 8.09. The van der Waals surface area contributed by atoms with E-state index in [1.807, 2.05) is 13.8 Å². The molecule has 4 aromatic rings. The summed E-state index contributed by atoms with van der Waals surface area (Å²) in [6.45, 7) is 3.69. The van der Waals surface area contributed by atoms with Crippen molar-refractivity contribution >= 4 is 11.7 Å². The molecule has 0 spiro atoms. The lowest BCUT2D eigenvalue weighted by molar-refractivity contribution is 0.0426. The van der Waals surface area contributed by atoms with Gasteiger partial charge in [-0.25, -0.2) is 14.3 Å². The third-order valence-electron chi connectivity index (χ3n) is 4.55. The van der Waals surface area contributed by atoms with Gasteiger partial charge < -0.3 is 18.7 Å². The normalized spacial score (nSPS) is 11.1. The Morgan fingerprint density at radius 1 is 1.19 bits per heavy atom. The van der Waals surface area contributed by atoms with Gasteiger partial charge in [-0.3, -0.25) is 0 Å². The van der Waals surface area contributed by atoms with Gasteiger partial charge in [0.1, 0.15) is 17.8 Å². The first-order valence-corrected chi connectivity index (χ1v) is 9.42. The van der Waals surface area contributed by atoms with Crippen LogP contribution in [0.25, 0.3) is 17.2 Å². The van der Waals surface area contributed by atoms with Crippen LogP contribution in [0.2, 0.25) is 0 Å². The maximum absolute atomic E-state index is 12.7. The molecule has 0 saturated heterocycles. The average Bonchev–Trinajstić information content (AvgIpc) is 3.45. The van der Waals surface area contributed by atoms with Gasteiger partial charge in [-0.1, -0.05) is 19.0 Å². The summed E-state index contributed by atoms with van der Waals surface area (Å²) in [6, 6.07) is 5.23. The van der Waals surface area contributed by atoms with Gasteiger partial charge in [0, 0.05) is 12.3 Å². The summed E-state index contributed by atoms with van der Waals surface area (Å²) in [4.78, 5) is 25.2. The highest BCUT2D eigenvalue weighted by Crippen LogP contribution is 2.31. The van der Waals surface area contributed by atoms with Crippen molar-refractivity contribution < 1.29 is 23.5 Å². The Balaban J connectivity index is 1.53. The molecule has 0 atom stereocenters. The third-order valence-corrected chi connectivity index (χ3v) is 4.55. The van der Waals surface area contributed by atoms with E-state index in [4.69, 9.17) is 18.7 Å². The van der Waals surface area contributed by atoms with Crippen LogP contribution in [-0.4, -0.2) is 49.9 Å². The fourth-order valence-electron chi connectivity index (χ4n) is 3.12. The Labute approximate surface area is 177 Å². The van der Waals surface area contributed by atoms with E-state index in [1.165, 1.54) is 24.1 Å². The molecule has 0 aliphatic heterocycles. The van der Waals surface area contributed by atoms with Gasteiger partial charge >= 0.3 is 5.97 Å². The van der Waals surface area contributed by atoms with E-state index in [9.17, 15) is 4.79 Å². The van der Waals surface area contributed by atoms with Crippen LogP contribution in [0.4, 0.5) is 0 Å². The van der Waals surface area contributed by atoms with Gasteiger partial charge in [-0.15, -0.1) is 0 Å². The van der Waals surface area contributed by atoms with Crippen molar-refractivity contribution in [3.63, 3.8) is 0 Å². The van der Waals surface area contributed by atoms with Crippen molar-refractivity contribution in [1.82, 2.24) is 29.7 Å². The van der Waals surface area contributed by atoms with Crippen LogP contribution < -0.4 is 9.47 Å². The third kappa shape index (κ3) is 3.89. The zero-order chi connectivity index (χ0) is 22.0. The second-order valence-electron chi connectivity index (χ2n) is 6.84. The number of ether oxygens (including phenoxy) is 3. The summed E-state index contributed by atoms with van der Waals surface area (Å²) in [7, 11) is 3.10. The Kier molecular flexibility index (Phi) is 5.48. The SMILES string of the molecule is COc1ccc(-c2noc(COC(=O)c3cnc4ncnn4c3C(C)C)n2)c(OC)c1. The van der Waals surface area contributed by atoms with Crippen LogP contribution in [0.1, 0.15) is 41.7 Å². The lowest BCUT2D eigenvalue weighted by Gasteiger charge is -2.12. The Bertz CT molecular complexity index is 1230. The summed E-state index contributed by atoms with van der Waals surface area (Å²) in [5.74, 6) is 1.44. The number of methoxy groups -OCH3 is 2. The minimum Gasteiger partial charge on any atom is -0.497 e. The van der Waals surface area contributed by atoms with Crippen LogP contribution in [-0.2, 0) is 11.3 Å². The summed E-state index contributed by atoms with van der Waals surface area (Å²) in [5.41, 5.74) is 1.57. The molecule has 0 fully saturated rings. The van der Waals surface area contributed by atoms with E-state index in [0.717, 1.165) is 0 Å². The second-order valence-corrected chi connectivity index (χ2v) is 6.84. The number of fused-ring (bicyclic) bond motifs is 1. The van der Waals surface area contributed by atoms with Crippen molar-refractivity contribution in [3.05, 3.63) is 47.9 Å². The van der Waals surface area contributed by atoms with Gasteiger partial charge in [-0.05, 0) is 18.1 Å². The van der Waals surface area contributed by atoms with Gasteiger partial charge in [0.15, 0.2) is 6.61 Å². The van der Waals surface area contributed by atoms with Crippen LogP contribution in [0.5, 0.6) is 11.5 Å². The minimum absolute atomic E-state index is 0.00714. The van der Waals surface area contributed by atoms with E-state index in [1.54, 1.807) is 25.3 Å². The van der Waals surface area contributed by atoms with Crippen LogP contribution in [0, 0.1) is 0 Å². The van der Waals surface area contributed by atoms with Crippen molar-refractivity contribution in [2.45, 2.75) is 26.4 Å². The molecule has 0 saturated carbocycles. The topological polar surface area (TPSA) is 127 Å². The molecular weight excluding hydrogens is 404 g/mol. The zero-order valence-electron chi connectivity index (χ0n) is 17.4. The van der Waals surface area contributed by atoms with Gasteiger partial charge in [0.05, 0.1) is 31.0 Å². The molecule has 4 rings (SSSR count). The van der Waals surface area contributed by atoms with E-state index in [0.29, 0.717) is 39.9 Å². The number of esters is 1. The molecule has 0 aliphatic rings. The maximum Gasteiger partial charge on any atom is 0.342 e. The number of benzene rings is 1. The van der Waals surface area contributed by atoms with Gasteiger partial charge in [-0.2, -0.15) is 15.1 Å². The highest BCUT2D eigenvalue weighted by Gasteiger charge is 2.22. The number of carbonyl (C=O) groups is 1. The molecule has 0 unspecified atom stereocenters. The Morgan fingerprint density at radius 2 is 2.03 bits per heavy atom. The largest absolute Gasteiger partial charge is 0.497 e. The molecule has 3 aromatic heterocycles. The predicted molar refractivity (Wildman–Crippen MR) is 107 cm³/mol. The van der Waals surface area contributed by atoms with Crippen molar-refractivity contribution in [2.75, 3.05) is 14.2 Å². The highest BCUT2D eigenvalue weighted by atomic mass is 16.6. The Morgan fingerprint density at radius 3 is 2.77 bits per heavy atom. The van der Waals surface area contributed by atoms with Crippen LogP contribution >= 0.6 is 0 Å². The number of carbonyl (C=O) groups excluding carboxylic acids is 1.